The number of rotatable bonds is 3. The van der Waals surface area contributed by atoms with Gasteiger partial charge in [-0.05, 0) is 64.6 Å². The van der Waals surface area contributed by atoms with Crippen molar-refractivity contribution >= 4 is 28.5 Å². The van der Waals surface area contributed by atoms with Gasteiger partial charge in [0.25, 0.3) is 5.91 Å². The zero-order valence-electron chi connectivity index (χ0n) is 9.56. The Morgan fingerprint density at radius 2 is 1.89 bits per heavy atom. The summed E-state index contributed by atoms with van der Waals surface area (Å²) >= 11 is 2.19. The minimum Gasteiger partial charge on any atom is -0.508 e. The first-order chi connectivity index (χ1) is 8.65. The van der Waals surface area contributed by atoms with Crippen molar-refractivity contribution in [1.82, 2.24) is 5.32 Å². The molecule has 0 aromatic heterocycles. The van der Waals surface area contributed by atoms with E-state index in [0.29, 0.717) is 12.1 Å². The molecule has 0 aliphatic rings. The molecule has 2 aromatic carbocycles. The highest BCUT2D eigenvalue weighted by atomic mass is 127. The maximum absolute atomic E-state index is 11.8. The van der Waals surface area contributed by atoms with Crippen LogP contribution in [0, 0.1) is 3.57 Å². The van der Waals surface area contributed by atoms with Crippen LogP contribution in [0.1, 0.15) is 15.9 Å². The molecule has 0 atom stereocenters. The Balaban J connectivity index is 1.98. The quantitative estimate of drug-likeness (QED) is 0.834. The number of halogens is 1. The van der Waals surface area contributed by atoms with Gasteiger partial charge in [0.05, 0.1) is 0 Å². The van der Waals surface area contributed by atoms with Gasteiger partial charge in [-0.15, -0.1) is 0 Å². The highest BCUT2D eigenvalue weighted by molar-refractivity contribution is 14.1. The number of amides is 1. The molecule has 18 heavy (non-hydrogen) atoms. The van der Waals surface area contributed by atoms with Crippen molar-refractivity contribution in [3.05, 3.63) is 63.2 Å². The molecule has 2 N–H and O–H groups in total. The maximum Gasteiger partial charge on any atom is 0.251 e. The first-order valence-electron chi connectivity index (χ1n) is 5.47. The SMILES string of the molecule is O=C(NCc1cccc(O)c1)c1ccc(I)cc1. The molecule has 2 rings (SSSR count). The smallest absolute Gasteiger partial charge is 0.251 e. The molecule has 92 valence electrons. The van der Waals surface area contributed by atoms with Gasteiger partial charge in [0.1, 0.15) is 5.75 Å². The minimum absolute atomic E-state index is 0.116. The molecule has 0 spiro atoms. The summed E-state index contributed by atoms with van der Waals surface area (Å²) in [5, 5.41) is 12.1. The van der Waals surface area contributed by atoms with Crippen LogP contribution < -0.4 is 5.32 Å². The molecule has 0 bridgehead atoms. The van der Waals surface area contributed by atoms with Gasteiger partial charge < -0.3 is 10.4 Å². The zero-order valence-corrected chi connectivity index (χ0v) is 11.7. The molecular formula is C14H12INO2. The number of phenols is 1. The molecule has 0 unspecified atom stereocenters. The molecule has 3 nitrogen and oxygen atoms in total. The van der Waals surface area contributed by atoms with Gasteiger partial charge in [0.15, 0.2) is 0 Å². The second-order valence-electron chi connectivity index (χ2n) is 3.86. The highest BCUT2D eigenvalue weighted by Crippen LogP contribution is 2.11. The van der Waals surface area contributed by atoms with E-state index in [1.165, 1.54) is 0 Å². The second-order valence-corrected chi connectivity index (χ2v) is 5.11. The molecule has 0 radical (unpaired) electrons. The lowest BCUT2D eigenvalue weighted by Gasteiger charge is -2.06. The van der Waals surface area contributed by atoms with E-state index in [-0.39, 0.29) is 11.7 Å². The van der Waals surface area contributed by atoms with Crippen molar-refractivity contribution in [2.24, 2.45) is 0 Å². The fourth-order valence-electron chi connectivity index (χ4n) is 1.55. The van der Waals surface area contributed by atoms with Crippen molar-refractivity contribution in [2.45, 2.75) is 6.54 Å². The number of hydrogen-bond donors (Lipinski definition) is 2. The van der Waals surface area contributed by atoms with Gasteiger partial charge in [-0.1, -0.05) is 12.1 Å². The van der Waals surface area contributed by atoms with Crippen LogP contribution in [0.5, 0.6) is 5.75 Å². The van der Waals surface area contributed by atoms with Gasteiger partial charge >= 0.3 is 0 Å². The lowest BCUT2D eigenvalue weighted by molar-refractivity contribution is 0.0951. The average molecular weight is 353 g/mol. The number of benzene rings is 2. The zero-order chi connectivity index (χ0) is 13.0. The molecule has 0 aliphatic heterocycles. The summed E-state index contributed by atoms with van der Waals surface area (Å²) in [6, 6.07) is 14.2. The monoisotopic (exact) mass is 353 g/mol. The Morgan fingerprint density at radius 3 is 2.56 bits per heavy atom. The van der Waals surface area contributed by atoms with E-state index in [4.69, 9.17) is 0 Å². The summed E-state index contributed by atoms with van der Waals surface area (Å²) in [5.41, 5.74) is 1.50. The summed E-state index contributed by atoms with van der Waals surface area (Å²) in [4.78, 5) is 11.8. The lowest BCUT2D eigenvalue weighted by Crippen LogP contribution is -2.22. The molecule has 4 heteroatoms. The van der Waals surface area contributed by atoms with Crippen molar-refractivity contribution in [3.63, 3.8) is 0 Å². The Kier molecular flexibility index (Phi) is 4.19. The van der Waals surface area contributed by atoms with Gasteiger partial charge in [0, 0.05) is 15.7 Å². The first kappa shape index (κ1) is 12.9. The van der Waals surface area contributed by atoms with Gasteiger partial charge in [-0.25, -0.2) is 0 Å². The van der Waals surface area contributed by atoms with E-state index in [2.05, 4.69) is 27.9 Å². The average Bonchev–Trinajstić information content (AvgIpc) is 2.37. The molecular weight excluding hydrogens is 341 g/mol. The molecule has 0 fully saturated rings. The van der Waals surface area contributed by atoms with Crippen molar-refractivity contribution in [1.29, 1.82) is 0 Å². The summed E-state index contributed by atoms with van der Waals surface area (Å²) in [6.07, 6.45) is 0. The van der Waals surface area contributed by atoms with Crippen LogP contribution >= 0.6 is 22.6 Å². The third kappa shape index (κ3) is 3.46. The maximum atomic E-state index is 11.8. The van der Waals surface area contributed by atoms with E-state index < -0.39 is 0 Å². The second kappa shape index (κ2) is 5.86. The number of carbonyl (C=O) groups excluding carboxylic acids is 1. The van der Waals surface area contributed by atoms with Gasteiger partial charge in [0.2, 0.25) is 0 Å². The predicted octanol–water partition coefficient (Wildman–Crippen LogP) is 2.93. The largest absolute Gasteiger partial charge is 0.508 e. The fraction of sp³-hybridized carbons (Fsp3) is 0.0714. The predicted molar refractivity (Wildman–Crippen MR) is 78.4 cm³/mol. The molecule has 0 heterocycles. The Morgan fingerprint density at radius 1 is 1.17 bits per heavy atom. The third-order valence-corrected chi connectivity index (χ3v) is 3.19. The van der Waals surface area contributed by atoms with Crippen LogP contribution in [-0.2, 0) is 6.54 Å². The molecule has 0 saturated heterocycles. The number of hydrogen-bond acceptors (Lipinski definition) is 2. The molecule has 1 amide bonds. The summed E-state index contributed by atoms with van der Waals surface area (Å²) in [6.45, 7) is 0.402. The van der Waals surface area contributed by atoms with E-state index in [1.807, 2.05) is 18.2 Å². The standard InChI is InChI=1S/C14H12INO2/c15-12-6-4-11(5-7-12)14(18)16-9-10-2-1-3-13(17)8-10/h1-8,17H,9H2,(H,16,18). The van der Waals surface area contributed by atoms with E-state index >= 15 is 0 Å². The van der Waals surface area contributed by atoms with Crippen LogP contribution in [0.2, 0.25) is 0 Å². The van der Waals surface area contributed by atoms with Gasteiger partial charge in [-0.3, -0.25) is 4.79 Å². The van der Waals surface area contributed by atoms with Crippen molar-refractivity contribution in [2.75, 3.05) is 0 Å². The number of aromatic hydroxyl groups is 1. The number of nitrogens with one attached hydrogen (secondary N) is 1. The third-order valence-electron chi connectivity index (χ3n) is 2.47. The topological polar surface area (TPSA) is 49.3 Å². The lowest BCUT2D eigenvalue weighted by atomic mass is 10.2. The fourth-order valence-corrected chi connectivity index (χ4v) is 1.91. The van der Waals surface area contributed by atoms with Crippen LogP contribution in [0.15, 0.2) is 48.5 Å². The van der Waals surface area contributed by atoms with E-state index in [9.17, 15) is 9.90 Å². The van der Waals surface area contributed by atoms with Gasteiger partial charge in [-0.2, -0.15) is 0 Å². The first-order valence-corrected chi connectivity index (χ1v) is 6.55. The van der Waals surface area contributed by atoms with Crippen LogP contribution in [0.4, 0.5) is 0 Å². The Labute approximate surface area is 119 Å². The summed E-state index contributed by atoms with van der Waals surface area (Å²) in [7, 11) is 0. The molecule has 2 aromatic rings. The van der Waals surface area contributed by atoms with E-state index in [1.54, 1.807) is 30.3 Å². The van der Waals surface area contributed by atoms with Crippen molar-refractivity contribution < 1.29 is 9.90 Å². The summed E-state index contributed by atoms with van der Waals surface area (Å²) in [5.74, 6) is 0.0887. The highest BCUT2D eigenvalue weighted by Gasteiger charge is 2.04. The van der Waals surface area contributed by atoms with Crippen molar-refractivity contribution in [3.8, 4) is 5.75 Å². The minimum atomic E-state index is -0.116. The number of phenolic OH excluding ortho intramolecular Hbond substituents is 1. The number of carbonyl (C=O) groups is 1. The molecule has 0 saturated carbocycles. The van der Waals surface area contributed by atoms with Crippen LogP contribution in [0.3, 0.4) is 0 Å². The summed E-state index contributed by atoms with van der Waals surface area (Å²) < 4.78 is 1.09. The van der Waals surface area contributed by atoms with Crippen LogP contribution in [0.25, 0.3) is 0 Å². The normalized spacial score (nSPS) is 10.1. The van der Waals surface area contributed by atoms with Crippen LogP contribution in [-0.4, -0.2) is 11.0 Å². The Hall–Kier alpha value is -1.56. The molecule has 0 aliphatic carbocycles. The Bertz CT molecular complexity index is 552. The van der Waals surface area contributed by atoms with E-state index in [0.717, 1.165) is 9.13 Å².